The van der Waals surface area contributed by atoms with Crippen molar-refractivity contribution in [3.8, 4) is 11.5 Å². The van der Waals surface area contributed by atoms with Crippen molar-refractivity contribution in [2.24, 2.45) is 0 Å². The van der Waals surface area contributed by atoms with Crippen molar-refractivity contribution in [3.63, 3.8) is 0 Å². The van der Waals surface area contributed by atoms with Gasteiger partial charge in [0.1, 0.15) is 0 Å². The second-order valence-electron chi connectivity index (χ2n) is 5.29. The number of furan rings is 1. The van der Waals surface area contributed by atoms with Crippen molar-refractivity contribution in [1.82, 2.24) is 9.78 Å². The second kappa shape index (κ2) is 6.15. The molecule has 0 aliphatic heterocycles. The molecule has 0 radical (unpaired) electrons. The minimum atomic E-state index is -0.485. The number of esters is 1. The molecule has 0 amide bonds. The molecule has 0 unspecified atom stereocenters. The van der Waals surface area contributed by atoms with E-state index in [4.69, 9.17) is 14.3 Å². The zero-order valence-corrected chi connectivity index (χ0v) is 14.6. The van der Waals surface area contributed by atoms with Crippen LogP contribution in [0.15, 0.2) is 57.9 Å². The quantitative estimate of drug-likeness (QED) is 0.400. The summed E-state index contributed by atoms with van der Waals surface area (Å²) in [7, 11) is 1.34. The van der Waals surface area contributed by atoms with Gasteiger partial charge in [-0.15, -0.1) is 0 Å². The van der Waals surface area contributed by atoms with Gasteiger partial charge < -0.3 is 0 Å². The SMILES string of the molecule is COC(=O)c1ccc(-c2nn(Cc3ccccc3)c3[se]ccc23)o1. The third-order valence-corrected chi connectivity index (χ3v) is 5.70. The summed E-state index contributed by atoms with van der Waals surface area (Å²) in [5, 5.41) is 5.81. The summed E-state index contributed by atoms with van der Waals surface area (Å²) >= 11 is 0.257. The van der Waals surface area contributed by atoms with Crippen LogP contribution in [0.2, 0.25) is 0 Å². The molecule has 0 atom stereocenters. The van der Waals surface area contributed by atoms with Gasteiger partial charge in [0.15, 0.2) is 0 Å². The fraction of sp³-hybridized carbons (Fsp3) is 0.111. The third-order valence-electron chi connectivity index (χ3n) is 3.76. The number of hydrogen-bond donors (Lipinski definition) is 0. The number of carbonyl (C=O) groups is 1. The average molecular weight is 385 g/mol. The number of fused-ring (bicyclic) bond motifs is 1. The summed E-state index contributed by atoms with van der Waals surface area (Å²) in [6.07, 6.45) is 0. The van der Waals surface area contributed by atoms with Crippen LogP contribution in [-0.4, -0.2) is 37.4 Å². The molecule has 24 heavy (non-hydrogen) atoms. The third kappa shape index (κ3) is 2.60. The molecule has 3 heterocycles. The standard InChI is InChI=1S/C18H14N2O3Se/c1-22-18(21)15-8-7-14(23-15)16-13-9-10-24-17(13)20(19-16)11-12-5-3-2-4-6-12/h2-10H,11H2,1H3. The number of benzene rings is 1. The van der Waals surface area contributed by atoms with E-state index < -0.39 is 5.97 Å². The summed E-state index contributed by atoms with van der Waals surface area (Å²) in [6.45, 7) is 0.719. The van der Waals surface area contributed by atoms with Crippen LogP contribution in [0.5, 0.6) is 0 Å². The van der Waals surface area contributed by atoms with Gasteiger partial charge in [0.05, 0.1) is 0 Å². The number of rotatable bonds is 4. The maximum atomic E-state index is 11.6. The summed E-state index contributed by atoms with van der Waals surface area (Å²) < 4.78 is 13.6. The zero-order valence-electron chi connectivity index (χ0n) is 12.9. The van der Waals surface area contributed by atoms with Crippen LogP contribution >= 0.6 is 0 Å². The van der Waals surface area contributed by atoms with Crippen LogP contribution in [0.3, 0.4) is 0 Å². The Morgan fingerprint density at radius 3 is 2.83 bits per heavy atom. The van der Waals surface area contributed by atoms with Gasteiger partial charge >= 0.3 is 144 Å². The van der Waals surface area contributed by atoms with E-state index in [9.17, 15) is 4.79 Å². The Morgan fingerprint density at radius 1 is 1.21 bits per heavy atom. The summed E-state index contributed by atoms with van der Waals surface area (Å²) in [4.78, 5) is 13.8. The molecule has 0 bridgehead atoms. The Balaban J connectivity index is 1.75. The van der Waals surface area contributed by atoms with Crippen LogP contribution in [0.1, 0.15) is 16.1 Å². The molecule has 0 aliphatic carbocycles. The van der Waals surface area contributed by atoms with E-state index in [1.807, 2.05) is 22.9 Å². The predicted octanol–water partition coefficient (Wildman–Crippen LogP) is 3.19. The van der Waals surface area contributed by atoms with E-state index in [0.29, 0.717) is 5.76 Å². The topological polar surface area (TPSA) is 57.3 Å². The van der Waals surface area contributed by atoms with E-state index >= 15 is 0 Å². The van der Waals surface area contributed by atoms with E-state index in [0.717, 1.165) is 17.6 Å². The normalized spacial score (nSPS) is 11.0. The fourth-order valence-electron chi connectivity index (χ4n) is 2.62. The average Bonchev–Trinajstić information content (AvgIpc) is 3.32. The van der Waals surface area contributed by atoms with E-state index in [2.05, 4.69) is 23.1 Å². The molecule has 0 spiro atoms. The van der Waals surface area contributed by atoms with Crippen molar-refractivity contribution in [1.29, 1.82) is 0 Å². The van der Waals surface area contributed by atoms with Crippen LogP contribution < -0.4 is 0 Å². The monoisotopic (exact) mass is 386 g/mol. The van der Waals surface area contributed by atoms with Gasteiger partial charge in [-0.25, -0.2) is 0 Å². The molecule has 0 aliphatic rings. The fourth-order valence-corrected chi connectivity index (χ4v) is 4.41. The van der Waals surface area contributed by atoms with Crippen LogP contribution in [0.25, 0.3) is 21.2 Å². The van der Waals surface area contributed by atoms with E-state index in [1.54, 1.807) is 12.1 Å². The number of carbonyl (C=O) groups excluding carboxylic acids is 1. The van der Waals surface area contributed by atoms with Gasteiger partial charge in [0, 0.05) is 0 Å². The number of aromatic nitrogens is 2. The van der Waals surface area contributed by atoms with Gasteiger partial charge in [0.25, 0.3) is 0 Å². The molecule has 3 aromatic heterocycles. The van der Waals surface area contributed by atoms with Crippen molar-refractivity contribution >= 4 is 30.2 Å². The first kappa shape index (κ1) is 15.0. The second-order valence-corrected chi connectivity index (χ2v) is 7.16. The van der Waals surface area contributed by atoms with Crippen LogP contribution in [-0.2, 0) is 11.3 Å². The summed E-state index contributed by atoms with van der Waals surface area (Å²) in [5.74, 6) is 0.286. The van der Waals surface area contributed by atoms with Crippen molar-refractivity contribution < 1.29 is 13.9 Å². The number of hydrogen-bond acceptors (Lipinski definition) is 4. The maximum absolute atomic E-state index is 11.6. The first-order valence-electron chi connectivity index (χ1n) is 7.42. The molecule has 5 nitrogen and oxygen atoms in total. The van der Waals surface area contributed by atoms with E-state index in [1.165, 1.54) is 17.1 Å². The molecule has 0 fully saturated rings. The van der Waals surface area contributed by atoms with Gasteiger partial charge in [-0.2, -0.15) is 0 Å². The molecule has 0 saturated carbocycles. The Bertz CT molecular complexity index is 998. The first-order chi connectivity index (χ1) is 11.8. The van der Waals surface area contributed by atoms with Gasteiger partial charge in [-0.05, 0) is 0 Å². The van der Waals surface area contributed by atoms with Crippen molar-refractivity contribution in [3.05, 3.63) is 64.8 Å². The Kier molecular flexibility index (Phi) is 3.84. The Morgan fingerprint density at radius 2 is 2.04 bits per heavy atom. The van der Waals surface area contributed by atoms with Crippen LogP contribution in [0, 0.1) is 0 Å². The number of ether oxygens (including phenoxy) is 1. The molecule has 6 heteroatoms. The molecule has 120 valence electrons. The molecule has 1 aromatic carbocycles. The molecule has 4 rings (SSSR count). The predicted molar refractivity (Wildman–Crippen MR) is 91.3 cm³/mol. The number of methoxy groups -OCH3 is 1. The first-order valence-corrected chi connectivity index (χ1v) is 9.27. The van der Waals surface area contributed by atoms with E-state index in [-0.39, 0.29) is 20.3 Å². The molecule has 0 saturated heterocycles. The number of nitrogens with zero attached hydrogens (tertiary/aromatic N) is 2. The molecule has 0 N–H and O–H groups in total. The summed E-state index contributed by atoms with van der Waals surface area (Å²) in [6, 6.07) is 15.7. The van der Waals surface area contributed by atoms with Gasteiger partial charge in [-0.3, -0.25) is 0 Å². The molecular weight excluding hydrogens is 371 g/mol. The summed E-state index contributed by atoms with van der Waals surface area (Å²) in [5.41, 5.74) is 1.97. The van der Waals surface area contributed by atoms with Gasteiger partial charge in [-0.1, -0.05) is 0 Å². The molecular formula is C18H14N2O3Se. The van der Waals surface area contributed by atoms with Crippen molar-refractivity contribution in [2.45, 2.75) is 6.54 Å². The van der Waals surface area contributed by atoms with Gasteiger partial charge in [0.2, 0.25) is 0 Å². The van der Waals surface area contributed by atoms with Crippen LogP contribution in [0.4, 0.5) is 0 Å². The molecule has 4 aromatic rings. The Labute approximate surface area is 144 Å². The minimum absolute atomic E-state index is 0.186. The zero-order chi connectivity index (χ0) is 16.5. The van der Waals surface area contributed by atoms with Crippen molar-refractivity contribution in [2.75, 3.05) is 7.11 Å². The Hall–Kier alpha value is -2.56.